The molecule has 2 fully saturated rings. The lowest BCUT2D eigenvalue weighted by Gasteiger charge is -2.36. The van der Waals surface area contributed by atoms with Crippen LogP contribution in [0, 0.1) is 12.8 Å². The summed E-state index contributed by atoms with van der Waals surface area (Å²) in [6.07, 6.45) is 3.26. The molecule has 1 aromatic rings. The van der Waals surface area contributed by atoms with E-state index < -0.39 is 5.60 Å². The molecule has 3 rings (SSSR count). The third kappa shape index (κ3) is 4.63. The van der Waals surface area contributed by atoms with E-state index in [4.69, 9.17) is 4.74 Å². The smallest absolute Gasteiger partial charge is 0.410 e. The molecular formula is C22H32N2O3. The fraction of sp³-hybridized carbons (Fsp3) is 0.636. The number of ether oxygens (including phenoxy) is 1. The van der Waals surface area contributed by atoms with Gasteiger partial charge in [0.2, 0.25) is 5.91 Å². The van der Waals surface area contributed by atoms with Crippen molar-refractivity contribution in [1.29, 1.82) is 0 Å². The van der Waals surface area contributed by atoms with Gasteiger partial charge in [0, 0.05) is 25.6 Å². The van der Waals surface area contributed by atoms with E-state index in [1.165, 1.54) is 11.1 Å². The van der Waals surface area contributed by atoms with Gasteiger partial charge in [0.15, 0.2) is 0 Å². The van der Waals surface area contributed by atoms with Gasteiger partial charge >= 0.3 is 6.09 Å². The average Bonchev–Trinajstić information content (AvgIpc) is 3.09. The maximum absolute atomic E-state index is 13.2. The second kappa shape index (κ2) is 7.91. The van der Waals surface area contributed by atoms with E-state index in [0.29, 0.717) is 13.1 Å². The van der Waals surface area contributed by atoms with E-state index in [2.05, 4.69) is 30.0 Å². The Morgan fingerprint density at radius 3 is 2.33 bits per heavy atom. The van der Waals surface area contributed by atoms with E-state index in [-0.39, 0.29) is 24.0 Å². The summed E-state index contributed by atoms with van der Waals surface area (Å²) in [5.74, 6) is 0.262. The molecule has 5 heteroatoms. The van der Waals surface area contributed by atoms with E-state index >= 15 is 0 Å². The largest absolute Gasteiger partial charge is 0.444 e. The zero-order valence-corrected chi connectivity index (χ0v) is 17.0. The molecule has 0 aliphatic carbocycles. The highest BCUT2D eigenvalue weighted by molar-refractivity contribution is 5.80. The van der Waals surface area contributed by atoms with Crippen LogP contribution in [-0.4, -0.2) is 47.0 Å². The van der Waals surface area contributed by atoms with Gasteiger partial charge in [-0.3, -0.25) is 4.79 Å². The molecular weight excluding hydrogens is 340 g/mol. The van der Waals surface area contributed by atoms with Crippen molar-refractivity contribution in [2.24, 2.45) is 5.92 Å². The molecule has 0 spiro atoms. The zero-order valence-electron chi connectivity index (χ0n) is 17.0. The van der Waals surface area contributed by atoms with E-state index in [0.717, 1.165) is 32.2 Å². The molecule has 2 heterocycles. The number of carbonyl (C=O) groups is 2. The number of likely N-dealkylation sites (tertiary alicyclic amines) is 2. The van der Waals surface area contributed by atoms with Crippen LogP contribution in [0.3, 0.4) is 0 Å². The van der Waals surface area contributed by atoms with Crippen LogP contribution < -0.4 is 0 Å². The van der Waals surface area contributed by atoms with Crippen molar-refractivity contribution in [3.63, 3.8) is 0 Å². The molecule has 0 radical (unpaired) electrons. The topological polar surface area (TPSA) is 49.9 Å². The van der Waals surface area contributed by atoms with E-state index in [1.807, 2.05) is 26.8 Å². The number of hydrogen-bond donors (Lipinski definition) is 0. The average molecular weight is 373 g/mol. The summed E-state index contributed by atoms with van der Waals surface area (Å²) < 4.78 is 5.45. The normalized spacial score (nSPS) is 21.4. The molecule has 1 aromatic carbocycles. The van der Waals surface area contributed by atoms with Crippen molar-refractivity contribution in [2.75, 3.05) is 19.6 Å². The van der Waals surface area contributed by atoms with Crippen molar-refractivity contribution >= 4 is 12.0 Å². The summed E-state index contributed by atoms with van der Waals surface area (Å²) in [4.78, 5) is 29.2. The molecule has 0 N–H and O–H groups in total. The Kier molecular flexibility index (Phi) is 5.78. The molecule has 0 unspecified atom stereocenters. The minimum absolute atomic E-state index is 0.00769. The molecule has 148 valence electrons. The van der Waals surface area contributed by atoms with Gasteiger partial charge in [-0.15, -0.1) is 0 Å². The van der Waals surface area contributed by atoms with Gasteiger partial charge in [-0.1, -0.05) is 24.3 Å². The van der Waals surface area contributed by atoms with E-state index in [1.54, 1.807) is 4.90 Å². The van der Waals surface area contributed by atoms with Crippen molar-refractivity contribution in [3.8, 4) is 0 Å². The number of amides is 2. The number of rotatable bonds is 2. The second-order valence-electron chi connectivity index (χ2n) is 8.79. The Bertz CT molecular complexity index is 687. The molecule has 5 nitrogen and oxygen atoms in total. The minimum atomic E-state index is -0.486. The van der Waals surface area contributed by atoms with Gasteiger partial charge in [-0.05, 0) is 64.5 Å². The number of aryl methyl sites for hydroxylation is 1. The Labute approximate surface area is 162 Å². The SMILES string of the molecule is Cc1ccccc1[C@H]1CCCN1C(=O)C1CCN(C(=O)OC(C)(C)C)CC1. The lowest BCUT2D eigenvalue weighted by atomic mass is 9.93. The van der Waals surface area contributed by atoms with Crippen LogP contribution in [-0.2, 0) is 9.53 Å². The fourth-order valence-electron chi connectivity index (χ4n) is 4.18. The summed E-state index contributed by atoms with van der Waals surface area (Å²) in [5.41, 5.74) is 2.04. The third-order valence-electron chi connectivity index (χ3n) is 5.58. The molecule has 0 saturated carbocycles. The van der Waals surface area contributed by atoms with E-state index in [9.17, 15) is 9.59 Å². The summed E-state index contributed by atoms with van der Waals surface area (Å²) in [6.45, 7) is 9.77. The molecule has 0 bridgehead atoms. The lowest BCUT2D eigenvalue weighted by Crippen LogP contribution is -2.45. The van der Waals surface area contributed by atoms with Crippen LogP contribution in [0.2, 0.25) is 0 Å². The number of carbonyl (C=O) groups excluding carboxylic acids is 2. The molecule has 2 saturated heterocycles. The molecule has 2 amide bonds. The van der Waals surface area contributed by atoms with Crippen LogP contribution in [0.4, 0.5) is 4.79 Å². The number of piperidine rings is 1. The zero-order chi connectivity index (χ0) is 19.6. The fourth-order valence-corrected chi connectivity index (χ4v) is 4.18. The predicted molar refractivity (Wildman–Crippen MR) is 105 cm³/mol. The maximum Gasteiger partial charge on any atom is 0.410 e. The first-order valence-corrected chi connectivity index (χ1v) is 10.1. The van der Waals surface area contributed by atoms with Crippen molar-refractivity contribution < 1.29 is 14.3 Å². The highest BCUT2D eigenvalue weighted by atomic mass is 16.6. The molecule has 2 aliphatic rings. The Morgan fingerprint density at radius 1 is 1.04 bits per heavy atom. The van der Waals surface area contributed by atoms with Crippen LogP contribution in [0.25, 0.3) is 0 Å². The minimum Gasteiger partial charge on any atom is -0.444 e. The number of nitrogens with zero attached hydrogens (tertiary/aromatic N) is 2. The maximum atomic E-state index is 13.2. The van der Waals surface area contributed by atoms with Crippen molar-refractivity contribution in [2.45, 2.75) is 65.0 Å². The van der Waals surface area contributed by atoms with Crippen molar-refractivity contribution in [3.05, 3.63) is 35.4 Å². The monoisotopic (exact) mass is 372 g/mol. The summed E-state index contributed by atoms with van der Waals surface area (Å²) in [7, 11) is 0. The van der Waals surface area contributed by atoms with Crippen LogP contribution in [0.15, 0.2) is 24.3 Å². The first-order valence-electron chi connectivity index (χ1n) is 10.1. The number of benzene rings is 1. The summed E-state index contributed by atoms with van der Waals surface area (Å²) in [5, 5.41) is 0. The number of hydrogen-bond acceptors (Lipinski definition) is 3. The van der Waals surface area contributed by atoms with Gasteiger partial charge in [0.25, 0.3) is 0 Å². The molecule has 27 heavy (non-hydrogen) atoms. The Hall–Kier alpha value is -2.04. The highest BCUT2D eigenvalue weighted by Crippen LogP contribution is 2.36. The summed E-state index contributed by atoms with van der Waals surface area (Å²) >= 11 is 0. The van der Waals surface area contributed by atoms with Crippen LogP contribution in [0.1, 0.15) is 63.6 Å². The third-order valence-corrected chi connectivity index (χ3v) is 5.58. The standard InChI is InChI=1S/C22H32N2O3/c1-16-8-5-6-9-18(16)19-10-7-13-24(19)20(25)17-11-14-23(15-12-17)21(26)27-22(2,3)4/h5-6,8-9,17,19H,7,10-15H2,1-4H3/t19-/m1/s1. The van der Waals surface area contributed by atoms with Gasteiger partial charge in [-0.2, -0.15) is 0 Å². The summed E-state index contributed by atoms with van der Waals surface area (Å²) in [6, 6.07) is 8.57. The molecule has 1 atom stereocenters. The van der Waals surface area contributed by atoms with Crippen LogP contribution >= 0.6 is 0 Å². The van der Waals surface area contributed by atoms with Gasteiger partial charge in [-0.25, -0.2) is 4.79 Å². The lowest BCUT2D eigenvalue weighted by molar-refractivity contribution is -0.138. The first-order chi connectivity index (χ1) is 12.8. The highest BCUT2D eigenvalue weighted by Gasteiger charge is 2.37. The Morgan fingerprint density at radius 2 is 1.70 bits per heavy atom. The predicted octanol–water partition coefficient (Wildman–Crippen LogP) is 4.31. The second-order valence-corrected chi connectivity index (χ2v) is 8.79. The first kappa shape index (κ1) is 19.7. The molecule has 0 aromatic heterocycles. The Balaban J connectivity index is 1.60. The van der Waals surface area contributed by atoms with Gasteiger partial charge in [0.1, 0.15) is 5.60 Å². The molecule has 2 aliphatic heterocycles. The van der Waals surface area contributed by atoms with Gasteiger partial charge in [0.05, 0.1) is 6.04 Å². The van der Waals surface area contributed by atoms with Crippen molar-refractivity contribution in [1.82, 2.24) is 9.80 Å². The van der Waals surface area contributed by atoms with Crippen LogP contribution in [0.5, 0.6) is 0 Å². The quantitative estimate of drug-likeness (QED) is 0.777. The van der Waals surface area contributed by atoms with Gasteiger partial charge < -0.3 is 14.5 Å².